The van der Waals surface area contributed by atoms with E-state index in [4.69, 9.17) is 0 Å². The van der Waals surface area contributed by atoms with Crippen molar-refractivity contribution in [1.82, 2.24) is 13.7 Å². The largest absolute Gasteiger partial charge is 0.310 e. The molecule has 0 saturated heterocycles. The molecule has 12 aromatic rings. The molecular weight excluding hydrogens is 773 g/mol. The highest BCUT2D eigenvalue weighted by atomic mass is 15.1. The molecule has 0 spiro atoms. The molecule has 0 unspecified atom stereocenters. The zero-order chi connectivity index (χ0) is 42.7. The highest BCUT2D eigenvalue weighted by Crippen LogP contribution is 2.50. The fourth-order valence-electron chi connectivity index (χ4n) is 12.6. The van der Waals surface area contributed by atoms with Gasteiger partial charge in [-0.2, -0.15) is 0 Å². The Kier molecular flexibility index (Phi) is 6.29. The van der Waals surface area contributed by atoms with Crippen LogP contribution < -0.4 is 16.4 Å². The normalized spacial score (nSPS) is 13.8. The van der Waals surface area contributed by atoms with Crippen molar-refractivity contribution in [2.45, 2.75) is 52.4 Å². The van der Waals surface area contributed by atoms with Crippen LogP contribution in [0.3, 0.4) is 0 Å². The molecule has 2 aliphatic heterocycles. The van der Waals surface area contributed by atoms with E-state index in [0.717, 1.165) is 0 Å². The van der Waals surface area contributed by atoms with E-state index in [2.05, 4.69) is 213 Å². The van der Waals surface area contributed by atoms with Gasteiger partial charge in [-0.05, 0) is 120 Å². The van der Waals surface area contributed by atoms with Crippen LogP contribution >= 0.6 is 0 Å². The van der Waals surface area contributed by atoms with E-state index >= 15 is 0 Å². The monoisotopic (exact) mass is 817 g/mol. The van der Waals surface area contributed by atoms with E-state index in [9.17, 15) is 0 Å². The van der Waals surface area contributed by atoms with Crippen molar-refractivity contribution in [2.75, 3.05) is 0 Å². The van der Waals surface area contributed by atoms with Crippen LogP contribution in [0, 0.1) is 0 Å². The fraction of sp³-hybridized carbons (Fsp3) is 0.133. The lowest BCUT2D eigenvalue weighted by molar-refractivity contribution is 0.591. The summed E-state index contributed by atoms with van der Waals surface area (Å²) in [4.78, 5) is 0. The Hall–Kier alpha value is -7.30. The number of hydrogen-bond acceptors (Lipinski definition) is 0. The first-order valence-electron chi connectivity index (χ1n) is 23.0. The molecule has 0 atom stereocenters. The van der Waals surface area contributed by atoms with Gasteiger partial charge in [0.05, 0.1) is 27.8 Å². The minimum atomic E-state index is -0.0255. The molecule has 0 saturated carbocycles. The van der Waals surface area contributed by atoms with Gasteiger partial charge in [-0.3, -0.25) is 0 Å². The van der Waals surface area contributed by atoms with Gasteiger partial charge in [0, 0.05) is 54.7 Å². The number of benzene rings is 9. The van der Waals surface area contributed by atoms with Crippen molar-refractivity contribution in [3.63, 3.8) is 0 Å². The number of aromatic nitrogens is 3. The predicted octanol–water partition coefficient (Wildman–Crippen LogP) is 13.5. The van der Waals surface area contributed by atoms with Gasteiger partial charge in [-0.25, -0.2) is 0 Å². The highest BCUT2D eigenvalue weighted by molar-refractivity contribution is 7.00. The zero-order valence-electron chi connectivity index (χ0n) is 36.9. The lowest BCUT2D eigenvalue weighted by Crippen LogP contribution is -2.59. The molecular formula is C60H44BN3. The van der Waals surface area contributed by atoms with E-state index in [1.165, 1.54) is 143 Å². The maximum absolute atomic E-state index is 2.64. The average Bonchev–Trinajstić information content (AvgIpc) is 3.92. The molecule has 15 rings (SSSR count). The van der Waals surface area contributed by atoms with Gasteiger partial charge in [0.1, 0.15) is 0 Å². The molecule has 9 aromatic carbocycles. The van der Waals surface area contributed by atoms with Crippen LogP contribution in [0.25, 0.3) is 116 Å². The number of hydrogen-bond donors (Lipinski definition) is 0. The number of fused-ring (bicyclic) bond motifs is 13. The minimum absolute atomic E-state index is 0.0240. The summed E-state index contributed by atoms with van der Waals surface area (Å²) >= 11 is 0. The Morgan fingerprint density at radius 3 is 1.72 bits per heavy atom. The first kappa shape index (κ1) is 35.2. The second kappa shape index (κ2) is 11.4. The third kappa shape index (κ3) is 4.16. The number of para-hydroxylation sites is 2. The lowest BCUT2D eigenvalue weighted by Gasteiger charge is -2.35. The zero-order valence-corrected chi connectivity index (χ0v) is 36.9. The van der Waals surface area contributed by atoms with Crippen molar-refractivity contribution in [3.8, 4) is 39.3 Å². The summed E-state index contributed by atoms with van der Waals surface area (Å²) < 4.78 is 7.86. The van der Waals surface area contributed by atoms with Crippen LogP contribution in [-0.2, 0) is 10.8 Å². The second-order valence-electron chi connectivity index (χ2n) is 20.9. The minimum Gasteiger partial charge on any atom is -0.310 e. The van der Waals surface area contributed by atoms with Crippen LogP contribution in [0.15, 0.2) is 158 Å². The Bertz CT molecular complexity index is 4160. The molecule has 302 valence electrons. The molecule has 0 fully saturated rings. The molecule has 0 amide bonds. The van der Waals surface area contributed by atoms with Gasteiger partial charge in [0.2, 0.25) is 0 Å². The molecule has 3 aromatic heterocycles. The van der Waals surface area contributed by atoms with Crippen molar-refractivity contribution >= 4 is 99.3 Å². The van der Waals surface area contributed by atoms with Gasteiger partial charge in [-0.15, -0.1) is 0 Å². The molecule has 0 N–H and O–H groups in total. The van der Waals surface area contributed by atoms with E-state index in [1.807, 2.05) is 0 Å². The summed E-state index contributed by atoms with van der Waals surface area (Å²) in [6.07, 6.45) is 0. The second-order valence-corrected chi connectivity index (χ2v) is 20.9. The summed E-state index contributed by atoms with van der Waals surface area (Å²) in [5.74, 6) is 0. The first-order chi connectivity index (χ1) is 31.0. The average molecular weight is 818 g/mol. The van der Waals surface area contributed by atoms with Gasteiger partial charge in [0.25, 0.3) is 6.71 Å². The van der Waals surface area contributed by atoms with Crippen LogP contribution in [0.5, 0.6) is 0 Å². The quantitative estimate of drug-likeness (QED) is 0.147. The maximum atomic E-state index is 2.64. The van der Waals surface area contributed by atoms with Crippen molar-refractivity contribution in [3.05, 3.63) is 169 Å². The summed E-state index contributed by atoms with van der Waals surface area (Å²) in [5.41, 5.74) is 23.4. The molecule has 5 heterocycles. The van der Waals surface area contributed by atoms with Crippen LogP contribution in [-0.4, -0.2) is 20.4 Å². The standard InChI is InChI=1S/C60H44BN3/c1-59(2,3)34-25-27-48-43(28-34)42-20-12-21-45-57(42)64(48)52-32-36(31-51-56(52)61(45)46-30-35(60(4,5)6)29-44-39-17-9-10-22-47(39)63(51)58(44)46)62-49-23-13-19-41-38-16-8-7-15-37(38)40-18-11-14-33-24-26-50(62)55(53(33)40)54(41)49/h7-32H,1-6H3. The molecule has 3 nitrogen and oxygen atoms in total. The van der Waals surface area contributed by atoms with Crippen molar-refractivity contribution in [1.29, 1.82) is 0 Å². The lowest BCUT2D eigenvalue weighted by atomic mass is 9.34. The highest BCUT2D eigenvalue weighted by Gasteiger charge is 2.42. The molecule has 0 bridgehead atoms. The van der Waals surface area contributed by atoms with Crippen molar-refractivity contribution in [2.24, 2.45) is 0 Å². The third-order valence-corrected chi connectivity index (χ3v) is 15.4. The van der Waals surface area contributed by atoms with Crippen LogP contribution in [0.1, 0.15) is 52.7 Å². The van der Waals surface area contributed by atoms with Crippen LogP contribution in [0.2, 0.25) is 0 Å². The fourth-order valence-corrected chi connectivity index (χ4v) is 12.6. The number of nitrogens with zero attached hydrogens (tertiary/aromatic N) is 3. The maximum Gasteiger partial charge on any atom is 0.252 e. The Morgan fingerprint density at radius 2 is 0.953 bits per heavy atom. The molecule has 1 aliphatic carbocycles. The molecule has 3 aliphatic rings. The topological polar surface area (TPSA) is 14.8 Å². The number of rotatable bonds is 1. The first-order valence-corrected chi connectivity index (χ1v) is 23.0. The van der Waals surface area contributed by atoms with Gasteiger partial charge in [0.15, 0.2) is 0 Å². The van der Waals surface area contributed by atoms with E-state index in [0.29, 0.717) is 0 Å². The molecule has 0 radical (unpaired) electrons. The summed E-state index contributed by atoms with van der Waals surface area (Å²) in [5, 5.41) is 10.6. The van der Waals surface area contributed by atoms with Gasteiger partial charge >= 0.3 is 0 Å². The Balaban J connectivity index is 1.16. The molecule has 64 heavy (non-hydrogen) atoms. The van der Waals surface area contributed by atoms with E-state index in [-0.39, 0.29) is 17.5 Å². The summed E-state index contributed by atoms with van der Waals surface area (Å²) in [7, 11) is 0. The van der Waals surface area contributed by atoms with Gasteiger partial charge < -0.3 is 13.7 Å². The Labute approximate surface area is 371 Å². The predicted molar refractivity (Wildman–Crippen MR) is 273 cm³/mol. The SMILES string of the molecule is CC(C)(C)c1ccc2c(c1)c1cccc3c1n2-c1cc(-n2c4cccc5c4c4c6c(cccc6ccc42)-c2ccccc2-5)cc2c1B3c1cc(C(C)(C)C)cc3c4ccccc4n-2c13. The third-order valence-electron chi connectivity index (χ3n) is 15.4. The van der Waals surface area contributed by atoms with E-state index < -0.39 is 0 Å². The smallest absolute Gasteiger partial charge is 0.252 e. The van der Waals surface area contributed by atoms with Gasteiger partial charge in [-0.1, -0.05) is 151 Å². The molecule has 4 heteroatoms. The van der Waals surface area contributed by atoms with E-state index in [1.54, 1.807) is 0 Å². The Morgan fingerprint density at radius 1 is 0.375 bits per heavy atom. The van der Waals surface area contributed by atoms with Crippen LogP contribution in [0.4, 0.5) is 0 Å². The summed E-state index contributed by atoms with van der Waals surface area (Å²) in [6.45, 7) is 14.1. The summed E-state index contributed by atoms with van der Waals surface area (Å²) in [6, 6.07) is 61.2. The van der Waals surface area contributed by atoms with Crippen molar-refractivity contribution < 1.29 is 0 Å².